The van der Waals surface area contributed by atoms with Crippen LogP contribution in [0.25, 0.3) is 11.3 Å². The molecule has 1 amide bonds. The molecule has 0 fully saturated rings. The lowest BCUT2D eigenvalue weighted by molar-refractivity contribution is 0.0509. The summed E-state index contributed by atoms with van der Waals surface area (Å²) in [5.41, 5.74) is 3.96. The highest BCUT2D eigenvalue weighted by Gasteiger charge is 2.32. The number of rotatable bonds is 6. The minimum Gasteiger partial charge on any atom is -0.475 e. The van der Waals surface area contributed by atoms with Crippen molar-refractivity contribution in [1.29, 1.82) is 0 Å². The summed E-state index contributed by atoms with van der Waals surface area (Å²) in [4.78, 5) is 36.2. The van der Waals surface area contributed by atoms with Crippen LogP contribution in [0.2, 0.25) is 0 Å². The summed E-state index contributed by atoms with van der Waals surface area (Å²) in [6.45, 7) is 13.3. The molecule has 0 radical (unpaired) electrons. The molecule has 0 unspecified atom stereocenters. The number of aromatic nitrogens is 4. The van der Waals surface area contributed by atoms with E-state index in [2.05, 4.69) is 40.4 Å². The molecule has 5 rings (SSSR count). The number of nitrogens with zero attached hydrogens (tertiary/aromatic N) is 6. The first kappa shape index (κ1) is 32.8. The lowest BCUT2D eigenvalue weighted by Crippen LogP contribution is -2.45. The van der Waals surface area contributed by atoms with Crippen LogP contribution >= 0.6 is 0 Å². The van der Waals surface area contributed by atoms with Crippen molar-refractivity contribution in [3.05, 3.63) is 83.3 Å². The number of anilines is 2. The van der Waals surface area contributed by atoms with Gasteiger partial charge in [0.1, 0.15) is 12.4 Å². The Morgan fingerprint density at radius 1 is 1.02 bits per heavy atom. The van der Waals surface area contributed by atoms with Gasteiger partial charge in [0.2, 0.25) is 11.8 Å². The molecule has 12 heteroatoms. The first-order valence-corrected chi connectivity index (χ1v) is 16.8. The molecule has 0 saturated carbocycles. The van der Waals surface area contributed by atoms with Crippen molar-refractivity contribution >= 4 is 27.7 Å². The van der Waals surface area contributed by atoms with Crippen LogP contribution in [0.3, 0.4) is 0 Å². The van der Waals surface area contributed by atoms with Gasteiger partial charge in [0.15, 0.2) is 0 Å². The molecule has 2 aromatic carbocycles. The number of sulfonamides is 1. The zero-order valence-corrected chi connectivity index (χ0v) is 28.2. The quantitative estimate of drug-likeness (QED) is 0.283. The smallest absolute Gasteiger partial charge is 0.264 e. The highest BCUT2D eigenvalue weighted by molar-refractivity contribution is 7.92. The topological polar surface area (TPSA) is 131 Å². The molecule has 1 aliphatic heterocycles. The Hall–Kier alpha value is -4.58. The molecule has 2 aromatic heterocycles. The number of ether oxygens (including phenoxy) is 1. The summed E-state index contributed by atoms with van der Waals surface area (Å²) in [5, 5.41) is 0. The zero-order chi connectivity index (χ0) is 33.2. The van der Waals surface area contributed by atoms with Crippen LogP contribution in [0.15, 0.2) is 65.8 Å². The van der Waals surface area contributed by atoms with Gasteiger partial charge >= 0.3 is 0 Å². The van der Waals surface area contributed by atoms with Gasteiger partial charge < -0.3 is 14.5 Å². The van der Waals surface area contributed by atoms with Crippen molar-refractivity contribution in [1.82, 2.24) is 24.8 Å². The fraction of sp³-hybridized carbons (Fsp3) is 0.382. The van der Waals surface area contributed by atoms with Gasteiger partial charge in [-0.3, -0.25) is 9.78 Å². The standard InChI is InChI=1S/C34H41N7O4S/c1-8-40(7)29-19-35-18-25(36-29)20-41-26(17-34(4,5)6)21-45-30-16-28(31-22(2)11-9-12-23(31)3)37-33(38-30)39-46(43,44)27-14-10-13-24(15-27)32(41)42/h9-16,18-19,26H,8,17,20-21H2,1-7H3,(H,37,38,39)/t26-/m1/s1. The first-order chi connectivity index (χ1) is 21.7. The number of amides is 1. The van der Waals surface area contributed by atoms with E-state index in [0.29, 0.717) is 23.6 Å². The normalized spacial score (nSPS) is 16.4. The fourth-order valence-electron chi connectivity index (χ4n) is 5.54. The fourth-order valence-corrected chi connectivity index (χ4v) is 6.53. The van der Waals surface area contributed by atoms with E-state index in [-0.39, 0.29) is 46.8 Å². The van der Waals surface area contributed by atoms with E-state index < -0.39 is 16.1 Å². The maximum atomic E-state index is 14.4. The van der Waals surface area contributed by atoms with Gasteiger partial charge in [0, 0.05) is 30.8 Å². The third kappa shape index (κ3) is 7.44. The Kier molecular flexibility index (Phi) is 9.29. The molecule has 4 aromatic rings. The van der Waals surface area contributed by atoms with E-state index in [4.69, 9.17) is 9.72 Å². The van der Waals surface area contributed by atoms with Crippen molar-refractivity contribution in [2.75, 3.05) is 29.8 Å². The third-order valence-electron chi connectivity index (χ3n) is 7.90. The highest BCUT2D eigenvalue weighted by atomic mass is 32.2. The maximum absolute atomic E-state index is 14.4. The van der Waals surface area contributed by atoms with Gasteiger partial charge in [0.25, 0.3) is 15.9 Å². The van der Waals surface area contributed by atoms with Crippen LogP contribution < -0.4 is 14.4 Å². The van der Waals surface area contributed by atoms with Crippen LogP contribution in [0.1, 0.15) is 61.3 Å². The second-order valence-electron chi connectivity index (χ2n) is 12.9. The minimum absolute atomic E-state index is 0.0835. The van der Waals surface area contributed by atoms with Gasteiger partial charge in [-0.25, -0.2) is 23.1 Å². The van der Waals surface area contributed by atoms with Crippen molar-refractivity contribution in [2.45, 2.75) is 65.4 Å². The number of carbonyl (C=O) groups is 1. The van der Waals surface area contributed by atoms with E-state index in [9.17, 15) is 13.2 Å². The molecule has 46 heavy (non-hydrogen) atoms. The molecule has 0 spiro atoms. The first-order valence-electron chi connectivity index (χ1n) is 15.3. The van der Waals surface area contributed by atoms with E-state index in [1.165, 1.54) is 12.1 Å². The molecule has 1 aliphatic rings. The number of nitrogens with one attached hydrogen (secondary N) is 1. The summed E-state index contributed by atoms with van der Waals surface area (Å²) in [6, 6.07) is 13.2. The Labute approximate surface area is 271 Å². The van der Waals surface area contributed by atoms with Crippen molar-refractivity contribution < 1.29 is 17.9 Å². The lowest BCUT2D eigenvalue weighted by Gasteiger charge is -2.35. The third-order valence-corrected chi connectivity index (χ3v) is 9.23. The number of carbonyl (C=O) groups excluding carboxylic acids is 1. The molecule has 11 nitrogen and oxygen atoms in total. The van der Waals surface area contributed by atoms with E-state index in [1.807, 2.05) is 50.9 Å². The Balaban J connectivity index is 1.67. The molecule has 0 saturated heterocycles. The zero-order valence-electron chi connectivity index (χ0n) is 27.4. The van der Waals surface area contributed by atoms with E-state index in [1.54, 1.807) is 35.5 Å². The predicted octanol–water partition coefficient (Wildman–Crippen LogP) is 5.65. The predicted molar refractivity (Wildman–Crippen MR) is 178 cm³/mol. The van der Waals surface area contributed by atoms with Gasteiger partial charge in [-0.2, -0.15) is 4.98 Å². The molecule has 3 heterocycles. The largest absolute Gasteiger partial charge is 0.475 e. The SMILES string of the molecule is CCN(C)c1cncc(CN2C(=O)c3cccc(c3)S(=O)(=O)Nc3nc(cc(-c4c(C)cccc4C)n3)OC[C@H]2CC(C)(C)C)n1. The van der Waals surface area contributed by atoms with E-state index in [0.717, 1.165) is 23.2 Å². The molecular formula is C34H41N7O4S. The monoisotopic (exact) mass is 643 g/mol. The van der Waals surface area contributed by atoms with Gasteiger partial charge in [-0.1, -0.05) is 45.0 Å². The molecule has 1 atom stereocenters. The summed E-state index contributed by atoms with van der Waals surface area (Å²) < 4.78 is 36.1. The molecule has 4 bridgehead atoms. The number of benzene rings is 2. The number of hydrogen-bond acceptors (Lipinski definition) is 9. The van der Waals surface area contributed by atoms with Crippen LogP contribution in [0.4, 0.5) is 11.8 Å². The van der Waals surface area contributed by atoms with Crippen LogP contribution in [-0.2, 0) is 16.6 Å². The van der Waals surface area contributed by atoms with Crippen molar-refractivity contribution in [2.24, 2.45) is 5.41 Å². The van der Waals surface area contributed by atoms with Crippen LogP contribution in [0.5, 0.6) is 5.88 Å². The Bertz CT molecular complexity index is 1840. The summed E-state index contributed by atoms with van der Waals surface area (Å²) in [5.74, 6) is 0.407. The van der Waals surface area contributed by atoms with Crippen LogP contribution in [-0.4, -0.2) is 65.4 Å². The maximum Gasteiger partial charge on any atom is 0.264 e. The van der Waals surface area contributed by atoms with Crippen LogP contribution in [0, 0.1) is 19.3 Å². The highest BCUT2D eigenvalue weighted by Crippen LogP contribution is 2.31. The average Bonchev–Trinajstić information content (AvgIpc) is 3.00. The molecule has 1 N–H and O–H groups in total. The second-order valence-corrected chi connectivity index (χ2v) is 14.5. The van der Waals surface area contributed by atoms with Crippen molar-refractivity contribution in [3.8, 4) is 17.1 Å². The molecular weight excluding hydrogens is 602 g/mol. The van der Waals surface area contributed by atoms with Gasteiger partial charge in [-0.05, 0) is 61.9 Å². The number of aryl methyl sites for hydroxylation is 2. The number of fused-ring (bicyclic) bond motifs is 4. The van der Waals surface area contributed by atoms with Gasteiger partial charge in [0.05, 0.1) is 41.3 Å². The second kappa shape index (κ2) is 13.0. The Morgan fingerprint density at radius 2 is 1.74 bits per heavy atom. The lowest BCUT2D eigenvalue weighted by atomic mass is 9.87. The van der Waals surface area contributed by atoms with Gasteiger partial charge in [-0.15, -0.1) is 0 Å². The molecule has 242 valence electrons. The summed E-state index contributed by atoms with van der Waals surface area (Å²) >= 11 is 0. The minimum atomic E-state index is -4.17. The molecule has 0 aliphatic carbocycles. The Morgan fingerprint density at radius 3 is 2.43 bits per heavy atom. The van der Waals surface area contributed by atoms with Crippen molar-refractivity contribution in [3.63, 3.8) is 0 Å². The number of hydrogen-bond donors (Lipinski definition) is 1. The summed E-state index contributed by atoms with van der Waals surface area (Å²) in [6.07, 6.45) is 3.92. The summed E-state index contributed by atoms with van der Waals surface area (Å²) in [7, 11) is -2.24. The van der Waals surface area contributed by atoms with E-state index >= 15 is 0 Å². The average molecular weight is 644 g/mol.